The fraction of sp³-hybridized carbons (Fsp3) is 0.444. The highest BCUT2D eigenvalue weighted by Gasteiger charge is 2.08. The molecule has 2 rings (SSSR count). The first-order valence-electron chi connectivity index (χ1n) is 4.96. The highest BCUT2D eigenvalue weighted by molar-refractivity contribution is 9.11. The van der Waals surface area contributed by atoms with Crippen molar-refractivity contribution in [3.63, 3.8) is 0 Å². The predicted molar refractivity (Wildman–Crippen MR) is 67.0 cm³/mol. The molecule has 0 aliphatic carbocycles. The molecule has 0 radical (unpaired) electrons. The fourth-order valence-electron chi connectivity index (χ4n) is 1.42. The molecule has 2 heterocycles. The van der Waals surface area contributed by atoms with Gasteiger partial charge in [-0.05, 0) is 38.3 Å². The van der Waals surface area contributed by atoms with Crippen LogP contribution in [0.25, 0.3) is 0 Å². The summed E-state index contributed by atoms with van der Waals surface area (Å²) >= 11 is 6.77. The lowest BCUT2D eigenvalue weighted by Gasteiger charge is -2.05. The van der Waals surface area contributed by atoms with Gasteiger partial charge in [-0.3, -0.25) is 0 Å². The van der Waals surface area contributed by atoms with Crippen LogP contribution in [0.15, 0.2) is 21.6 Å². The quantitative estimate of drug-likeness (QED) is 0.852. The minimum atomic E-state index is 0.617. The van der Waals surface area contributed by atoms with Crippen molar-refractivity contribution < 1.29 is 0 Å². The molecule has 0 unspecified atom stereocenters. The summed E-state index contributed by atoms with van der Waals surface area (Å²) in [6.45, 7) is 3.62. The number of nitrogens with zero attached hydrogens (tertiary/aromatic N) is 5. The summed E-state index contributed by atoms with van der Waals surface area (Å²) in [6, 6.07) is 1.90. The third kappa shape index (κ3) is 2.52. The van der Waals surface area contributed by atoms with Crippen LogP contribution in [0, 0.1) is 0 Å². The van der Waals surface area contributed by atoms with Crippen LogP contribution in [-0.4, -0.2) is 24.5 Å². The van der Waals surface area contributed by atoms with Crippen LogP contribution in [0.1, 0.15) is 19.2 Å². The molecule has 0 atom stereocenters. The van der Waals surface area contributed by atoms with Gasteiger partial charge in [0, 0.05) is 12.6 Å². The maximum absolute atomic E-state index is 4.29. The minimum Gasteiger partial charge on any atom is -0.250 e. The van der Waals surface area contributed by atoms with E-state index in [2.05, 4.69) is 54.0 Å². The van der Waals surface area contributed by atoms with Gasteiger partial charge in [0.1, 0.15) is 27.9 Å². The van der Waals surface area contributed by atoms with Gasteiger partial charge in [0.15, 0.2) is 0 Å². The Morgan fingerprint density at radius 3 is 2.75 bits per heavy atom. The van der Waals surface area contributed by atoms with E-state index in [4.69, 9.17) is 0 Å². The van der Waals surface area contributed by atoms with Crippen molar-refractivity contribution in [2.45, 2.75) is 26.4 Å². The smallest absolute Gasteiger partial charge is 0.148 e. The lowest BCUT2D eigenvalue weighted by atomic mass is 10.5. The van der Waals surface area contributed by atoms with Crippen LogP contribution >= 0.6 is 31.9 Å². The molecule has 2 aromatic rings. The van der Waals surface area contributed by atoms with Gasteiger partial charge in [0.2, 0.25) is 0 Å². The Bertz CT molecular complexity index is 476. The van der Waals surface area contributed by atoms with Gasteiger partial charge in [0.25, 0.3) is 0 Å². The molecule has 7 heteroatoms. The largest absolute Gasteiger partial charge is 0.250 e. The average molecular weight is 349 g/mol. The molecule has 0 saturated heterocycles. The first-order chi connectivity index (χ1) is 7.70. The summed E-state index contributed by atoms with van der Waals surface area (Å²) in [5.41, 5.74) is 0. The van der Waals surface area contributed by atoms with Crippen LogP contribution in [0.5, 0.6) is 0 Å². The summed E-state index contributed by atoms with van der Waals surface area (Å²) in [6.07, 6.45) is 2.62. The molecular weight excluding hydrogens is 338 g/mol. The van der Waals surface area contributed by atoms with E-state index >= 15 is 0 Å². The Morgan fingerprint density at radius 1 is 1.31 bits per heavy atom. The van der Waals surface area contributed by atoms with Gasteiger partial charge in [-0.25, -0.2) is 14.3 Å². The number of aryl methyl sites for hydroxylation is 1. The molecule has 0 bridgehead atoms. The van der Waals surface area contributed by atoms with Crippen LogP contribution < -0.4 is 0 Å². The summed E-state index contributed by atoms with van der Waals surface area (Å²) in [5, 5.41) is 8.47. The van der Waals surface area contributed by atoms with Gasteiger partial charge in [-0.2, -0.15) is 10.2 Å². The van der Waals surface area contributed by atoms with Crippen LogP contribution in [0.2, 0.25) is 0 Å². The molecular formula is C9H11Br2N5. The first kappa shape index (κ1) is 11.8. The molecule has 0 fully saturated rings. The lowest BCUT2D eigenvalue weighted by Crippen LogP contribution is -2.11. The molecule has 0 amide bonds. The summed E-state index contributed by atoms with van der Waals surface area (Å²) in [4.78, 5) is 4.24. The molecule has 2 aromatic heterocycles. The van der Waals surface area contributed by atoms with E-state index in [0.29, 0.717) is 6.54 Å². The topological polar surface area (TPSA) is 48.5 Å². The first-order valence-corrected chi connectivity index (χ1v) is 6.55. The van der Waals surface area contributed by atoms with Gasteiger partial charge in [0.05, 0.1) is 0 Å². The highest BCUT2D eigenvalue weighted by Crippen LogP contribution is 2.17. The zero-order valence-corrected chi connectivity index (χ0v) is 11.9. The van der Waals surface area contributed by atoms with Crippen LogP contribution in [0.4, 0.5) is 0 Å². The van der Waals surface area contributed by atoms with Crippen molar-refractivity contribution in [2.24, 2.45) is 0 Å². The van der Waals surface area contributed by atoms with Crippen molar-refractivity contribution in [2.75, 3.05) is 0 Å². The summed E-state index contributed by atoms with van der Waals surface area (Å²) in [5.74, 6) is 0.915. The SMILES string of the molecule is CCCn1ncnc1Cn1nc(Br)cc1Br. The summed E-state index contributed by atoms with van der Waals surface area (Å²) < 4.78 is 5.47. The molecule has 16 heavy (non-hydrogen) atoms. The number of aromatic nitrogens is 5. The third-order valence-electron chi connectivity index (χ3n) is 2.12. The Morgan fingerprint density at radius 2 is 2.12 bits per heavy atom. The van der Waals surface area contributed by atoms with Gasteiger partial charge in [-0.1, -0.05) is 6.92 Å². The maximum atomic E-state index is 4.29. The van der Waals surface area contributed by atoms with Crippen molar-refractivity contribution in [3.05, 3.63) is 27.4 Å². The van der Waals surface area contributed by atoms with Gasteiger partial charge < -0.3 is 0 Å². The number of halogens is 2. The second kappa shape index (κ2) is 5.09. The van der Waals surface area contributed by atoms with E-state index in [0.717, 1.165) is 28.0 Å². The van der Waals surface area contributed by atoms with E-state index < -0.39 is 0 Å². The third-order valence-corrected chi connectivity index (χ3v) is 3.15. The number of hydrogen-bond donors (Lipinski definition) is 0. The highest BCUT2D eigenvalue weighted by atomic mass is 79.9. The van der Waals surface area contributed by atoms with Crippen LogP contribution in [-0.2, 0) is 13.1 Å². The number of hydrogen-bond acceptors (Lipinski definition) is 3. The van der Waals surface area contributed by atoms with E-state index in [1.165, 1.54) is 0 Å². The fourth-order valence-corrected chi connectivity index (χ4v) is 2.56. The minimum absolute atomic E-state index is 0.617. The monoisotopic (exact) mass is 347 g/mol. The second-order valence-electron chi connectivity index (χ2n) is 3.35. The molecule has 0 aliphatic heterocycles. The van der Waals surface area contributed by atoms with Crippen molar-refractivity contribution in [3.8, 4) is 0 Å². The molecule has 0 N–H and O–H groups in total. The Hall–Kier alpha value is -0.690. The standard InChI is InChI=1S/C9H11Br2N5/c1-2-3-15-9(12-6-13-15)5-16-8(11)4-7(10)14-16/h4,6H,2-3,5H2,1H3. The normalized spacial score (nSPS) is 10.9. The zero-order valence-electron chi connectivity index (χ0n) is 8.77. The Labute approximate surface area is 110 Å². The molecule has 0 aliphatic rings. The van der Waals surface area contributed by atoms with Gasteiger partial charge >= 0.3 is 0 Å². The van der Waals surface area contributed by atoms with Crippen molar-refractivity contribution in [1.82, 2.24) is 24.5 Å². The molecule has 0 aromatic carbocycles. The average Bonchev–Trinajstić information content (AvgIpc) is 2.77. The van der Waals surface area contributed by atoms with Crippen molar-refractivity contribution in [1.29, 1.82) is 0 Å². The van der Waals surface area contributed by atoms with Gasteiger partial charge in [-0.15, -0.1) is 0 Å². The van der Waals surface area contributed by atoms with E-state index in [1.54, 1.807) is 6.33 Å². The molecule has 5 nitrogen and oxygen atoms in total. The molecule has 0 saturated carbocycles. The van der Waals surface area contributed by atoms with E-state index in [-0.39, 0.29) is 0 Å². The number of rotatable bonds is 4. The maximum Gasteiger partial charge on any atom is 0.148 e. The Kier molecular flexibility index (Phi) is 3.75. The lowest BCUT2D eigenvalue weighted by molar-refractivity contribution is 0.535. The zero-order chi connectivity index (χ0) is 11.5. The van der Waals surface area contributed by atoms with E-state index in [1.807, 2.05) is 15.4 Å². The molecule has 86 valence electrons. The van der Waals surface area contributed by atoms with E-state index in [9.17, 15) is 0 Å². The van der Waals surface area contributed by atoms with Crippen molar-refractivity contribution >= 4 is 31.9 Å². The molecule has 0 spiro atoms. The second-order valence-corrected chi connectivity index (χ2v) is 4.97. The predicted octanol–water partition coefficient (Wildman–Crippen LogP) is 2.46. The van der Waals surface area contributed by atoms with Crippen LogP contribution in [0.3, 0.4) is 0 Å². The Balaban J connectivity index is 2.20. The summed E-state index contributed by atoms with van der Waals surface area (Å²) in [7, 11) is 0.